The van der Waals surface area contributed by atoms with E-state index in [0.29, 0.717) is 51.0 Å². The Bertz CT molecular complexity index is 1380. The topological polar surface area (TPSA) is 149 Å². The number of ether oxygens (including phenoxy) is 2. The van der Waals surface area contributed by atoms with E-state index in [0.717, 1.165) is 0 Å². The van der Waals surface area contributed by atoms with Crippen molar-refractivity contribution in [1.82, 2.24) is 44.9 Å². The van der Waals surface area contributed by atoms with Gasteiger partial charge in [-0.1, -0.05) is 0 Å². The fraction of sp³-hybridized carbons (Fsp3) is 0.158. The van der Waals surface area contributed by atoms with Crippen molar-refractivity contribution >= 4 is 27.9 Å². The average molecular weight is 416 g/mol. The first-order valence-corrected chi connectivity index (χ1v) is 9.26. The highest BCUT2D eigenvalue weighted by Crippen LogP contribution is 2.35. The normalized spacial score (nSPS) is 11.1. The largest absolute Gasteiger partial charge is 0.435 e. The second-order valence-corrected chi connectivity index (χ2v) is 6.49. The Labute approximate surface area is 175 Å². The molecule has 5 rings (SSSR count). The third-order valence-electron chi connectivity index (χ3n) is 4.36. The van der Waals surface area contributed by atoms with Crippen molar-refractivity contribution in [2.75, 3.05) is 12.4 Å². The molecule has 154 valence electrons. The third kappa shape index (κ3) is 3.50. The fourth-order valence-corrected chi connectivity index (χ4v) is 2.93. The average Bonchev–Trinajstić information content (AvgIpc) is 3.16. The molecule has 0 radical (unpaired) electrons. The van der Waals surface area contributed by atoms with Gasteiger partial charge in [-0.3, -0.25) is 0 Å². The molecule has 0 saturated carbocycles. The highest BCUT2D eigenvalue weighted by atomic mass is 16.5. The minimum atomic E-state index is 0.0495. The maximum atomic E-state index is 6.00. The molecule has 0 aromatic carbocycles. The smallest absolute Gasteiger partial charge is 0.327 e. The van der Waals surface area contributed by atoms with Crippen LogP contribution in [0.4, 0.5) is 5.82 Å². The van der Waals surface area contributed by atoms with Crippen molar-refractivity contribution in [3.8, 4) is 23.4 Å². The number of rotatable bonds is 5. The lowest BCUT2D eigenvalue weighted by molar-refractivity contribution is 0.413. The lowest BCUT2D eigenvalue weighted by Gasteiger charge is -2.08. The predicted octanol–water partition coefficient (Wildman–Crippen LogP) is 2.72. The summed E-state index contributed by atoms with van der Waals surface area (Å²) >= 11 is 0. The standard InChI is InChI=1S/C19H16N10O2/c1-9-21-4-11(5-22-9)30-18-13-14-15(17(20-3)26-8-25-14)27-16(13)28-19(29-18)31-12-6-23-10(2)24-7-12/h4-8H,1-3H3,(H,20,25,26)(H,27,28,29). The van der Waals surface area contributed by atoms with Crippen molar-refractivity contribution in [3.05, 3.63) is 42.8 Å². The van der Waals surface area contributed by atoms with Gasteiger partial charge in [0.1, 0.15) is 34.4 Å². The summed E-state index contributed by atoms with van der Waals surface area (Å²) in [6.07, 6.45) is 7.66. The summed E-state index contributed by atoms with van der Waals surface area (Å²) in [5, 5.41) is 3.60. The lowest BCUT2D eigenvalue weighted by atomic mass is 10.3. The molecule has 0 atom stereocenters. The van der Waals surface area contributed by atoms with Crippen LogP contribution >= 0.6 is 0 Å². The van der Waals surface area contributed by atoms with Crippen LogP contribution in [-0.4, -0.2) is 51.9 Å². The van der Waals surface area contributed by atoms with E-state index in [1.165, 1.54) is 6.33 Å². The molecule has 0 fully saturated rings. The summed E-state index contributed by atoms with van der Waals surface area (Å²) in [4.78, 5) is 37.3. The molecule has 5 aromatic heterocycles. The number of aryl methyl sites for hydroxylation is 2. The van der Waals surface area contributed by atoms with Crippen molar-refractivity contribution in [2.45, 2.75) is 13.8 Å². The Morgan fingerprint density at radius 1 is 0.806 bits per heavy atom. The Kier molecular flexibility index (Phi) is 4.43. The first-order valence-electron chi connectivity index (χ1n) is 9.26. The highest BCUT2D eigenvalue weighted by Gasteiger charge is 2.20. The van der Waals surface area contributed by atoms with Crippen molar-refractivity contribution < 1.29 is 9.47 Å². The van der Waals surface area contributed by atoms with Gasteiger partial charge < -0.3 is 19.8 Å². The van der Waals surface area contributed by atoms with Gasteiger partial charge in [-0.15, -0.1) is 0 Å². The molecule has 0 aliphatic carbocycles. The van der Waals surface area contributed by atoms with Crippen LogP contribution in [0.5, 0.6) is 23.4 Å². The molecule has 0 spiro atoms. The Morgan fingerprint density at radius 2 is 1.45 bits per heavy atom. The summed E-state index contributed by atoms with van der Waals surface area (Å²) in [6, 6.07) is 0.0495. The number of fused-ring (bicyclic) bond motifs is 3. The zero-order chi connectivity index (χ0) is 21.4. The molecule has 5 aromatic rings. The maximum absolute atomic E-state index is 6.00. The number of nitrogens with zero attached hydrogens (tertiary/aromatic N) is 8. The first-order chi connectivity index (χ1) is 15.1. The summed E-state index contributed by atoms with van der Waals surface area (Å²) in [7, 11) is 1.77. The maximum Gasteiger partial charge on any atom is 0.327 e. The number of hydrogen-bond donors (Lipinski definition) is 2. The molecule has 12 heteroatoms. The van der Waals surface area contributed by atoms with Crippen LogP contribution in [0.2, 0.25) is 0 Å². The van der Waals surface area contributed by atoms with E-state index < -0.39 is 0 Å². The highest BCUT2D eigenvalue weighted by molar-refractivity contribution is 6.09. The summed E-state index contributed by atoms with van der Waals surface area (Å²) < 4.78 is 11.8. The second-order valence-electron chi connectivity index (χ2n) is 6.49. The predicted molar refractivity (Wildman–Crippen MR) is 110 cm³/mol. The van der Waals surface area contributed by atoms with E-state index in [1.807, 2.05) is 0 Å². The van der Waals surface area contributed by atoms with Crippen LogP contribution in [0, 0.1) is 13.8 Å². The van der Waals surface area contributed by atoms with Gasteiger partial charge in [-0.25, -0.2) is 29.9 Å². The molecule has 31 heavy (non-hydrogen) atoms. The van der Waals surface area contributed by atoms with Crippen LogP contribution in [-0.2, 0) is 0 Å². The molecule has 0 aliphatic heterocycles. The molecule has 0 unspecified atom stereocenters. The molecule has 0 bridgehead atoms. The molecule has 12 nitrogen and oxygen atoms in total. The van der Waals surface area contributed by atoms with Crippen molar-refractivity contribution in [2.24, 2.45) is 0 Å². The minimum absolute atomic E-state index is 0.0495. The number of aromatic nitrogens is 9. The number of hydrogen-bond acceptors (Lipinski definition) is 11. The molecule has 2 N–H and O–H groups in total. The van der Waals surface area contributed by atoms with E-state index >= 15 is 0 Å². The Hall–Kier alpha value is -4.48. The Morgan fingerprint density at radius 3 is 2.10 bits per heavy atom. The number of aromatic amines is 1. The lowest BCUT2D eigenvalue weighted by Crippen LogP contribution is -1.98. The van der Waals surface area contributed by atoms with E-state index in [1.54, 1.807) is 45.7 Å². The number of H-pyrrole nitrogens is 1. The van der Waals surface area contributed by atoms with E-state index in [2.05, 4.69) is 50.2 Å². The van der Waals surface area contributed by atoms with Gasteiger partial charge in [0.05, 0.1) is 24.8 Å². The van der Waals surface area contributed by atoms with Gasteiger partial charge >= 0.3 is 6.01 Å². The molecule has 0 saturated heterocycles. The Balaban J connectivity index is 1.67. The second kappa shape index (κ2) is 7.40. The molecule has 0 amide bonds. The number of anilines is 1. The van der Waals surface area contributed by atoms with Crippen LogP contribution in [0.1, 0.15) is 11.6 Å². The van der Waals surface area contributed by atoms with Crippen LogP contribution in [0.3, 0.4) is 0 Å². The monoisotopic (exact) mass is 416 g/mol. The van der Waals surface area contributed by atoms with Gasteiger partial charge in [-0.05, 0) is 13.8 Å². The van der Waals surface area contributed by atoms with Crippen LogP contribution < -0.4 is 14.8 Å². The zero-order valence-corrected chi connectivity index (χ0v) is 16.8. The first kappa shape index (κ1) is 18.5. The minimum Gasteiger partial charge on any atom is -0.435 e. The third-order valence-corrected chi connectivity index (χ3v) is 4.36. The molecular formula is C19H16N10O2. The summed E-state index contributed by atoms with van der Waals surface area (Å²) in [5.41, 5.74) is 1.73. The van der Waals surface area contributed by atoms with E-state index in [4.69, 9.17) is 9.47 Å². The van der Waals surface area contributed by atoms with E-state index in [-0.39, 0.29) is 11.9 Å². The van der Waals surface area contributed by atoms with Gasteiger partial charge in [0.25, 0.3) is 0 Å². The molecule has 5 heterocycles. The van der Waals surface area contributed by atoms with Gasteiger partial charge in [-0.2, -0.15) is 9.97 Å². The SMILES string of the molecule is CNc1ncnc2c1[nH]c1nc(Oc3cnc(C)nc3)nc(Oc3cnc(C)nc3)c12. The number of nitrogens with one attached hydrogen (secondary N) is 2. The molecular weight excluding hydrogens is 400 g/mol. The quantitative estimate of drug-likeness (QED) is 0.435. The van der Waals surface area contributed by atoms with Crippen LogP contribution in [0.15, 0.2) is 31.1 Å². The van der Waals surface area contributed by atoms with Crippen molar-refractivity contribution in [3.63, 3.8) is 0 Å². The van der Waals surface area contributed by atoms with Gasteiger partial charge in [0, 0.05) is 7.05 Å². The van der Waals surface area contributed by atoms with Crippen LogP contribution in [0.25, 0.3) is 22.1 Å². The van der Waals surface area contributed by atoms with Gasteiger partial charge in [0.2, 0.25) is 5.88 Å². The zero-order valence-electron chi connectivity index (χ0n) is 16.8. The summed E-state index contributed by atoms with van der Waals surface area (Å²) in [6.45, 7) is 3.57. The van der Waals surface area contributed by atoms with Crippen molar-refractivity contribution in [1.29, 1.82) is 0 Å². The fourth-order valence-electron chi connectivity index (χ4n) is 2.93. The van der Waals surface area contributed by atoms with E-state index in [9.17, 15) is 0 Å². The molecule has 0 aliphatic rings. The summed E-state index contributed by atoms with van der Waals surface area (Å²) in [5.74, 6) is 2.89. The van der Waals surface area contributed by atoms with Gasteiger partial charge in [0.15, 0.2) is 23.0 Å².